The molecule has 0 aliphatic carbocycles. The van der Waals surface area contributed by atoms with E-state index in [0.717, 1.165) is 17.0 Å². The number of aryl methyl sites for hydroxylation is 1. The molecule has 0 radical (unpaired) electrons. The first kappa shape index (κ1) is 13.3. The van der Waals surface area contributed by atoms with Gasteiger partial charge in [-0.25, -0.2) is 0 Å². The molecule has 0 bridgehead atoms. The molecule has 0 heterocycles. The van der Waals surface area contributed by atoms with E-state index in [4.69, 9.17) is 10.5 Å². The maximum Gasteiger partial charge on any atom is 0.144 e. The van der Waals surface area contributed by atoms with Gasteiger partial charge in [-0.1, -0.05) is 29.8 Å². The Morgan fingerprint density at radius 1 is 1.05 bits per heavy atom. The number of rotatable bonds is 4. The van der Waals surface area contributed by atoms with Gasteiger partial charge in [-0.2, -0.15) is 0 Å². The molecule has 0 spiro atoms. The number of hydrogen-bond acceptors (Lipinski definition) is 3. The van der Waals surface area contributed by atoms with Crippen LogP contribution >= 0.6 is 0 Å². The zero-order valence-corrected chi connectivity index (χ0v) is 11.7. The van der Waals surface area contributed by atoms with Gasteiger partial charge in [-0.3, -0.25) is 0 Å². The topological polar surface area (TPSA) is 38.5 Å². The number of anilines is 2. The molecule has 0 aliphatic heterocycles. The van der Waals surface area contributed by atoms with Crippen molar-refractivity contribution in [2.24, 2.45) is 0 Å². The summed E-state index contributed by atoms with van der Waals surface area (Å²) in [7, 11) is 3.99. The molecular formula is C16H20N2O. The van der Waals surface area contributed by atoms with E-state index in [9.17, 15) is 0 Å². The summed E-state index contributed by atoms with van der Waals surface area (Å²) in [6, 6.07) is 14.1. The van der Waals surface area contributed by atoms with Crippen LogP contribution in [0, 0.1) is 6.92 Å². The second-order valence-electron chi connectivity index (χ2n) is 4.89. The highest BCUT2D eigenvalue weighted by molar-refractivity contribution is 5.61. The van der Waals surface area contributed by atoms with E-state index in [0.29, 0.717) is 12.3 Å². The summed E-state index contributed by atoms with van der Waals surface area (Å²) in [5.74, 6) is 0.728. The SMILES string of the molecule is Cc1ccc(COc2cc(N(C)C)ccc2N)cc1. The zero-order chi connectivity index (χ0) is 13.8. The van der Waals surface area contributed by atoms with Crippen LogP contribution in [0.2, 0.25) is 0 Å². The average molecular weight is 256 g/mol. The van der Waals surface area contributed by atoms with Crippen molar-refractivity contribution in [2.75, 3.05) is 24.7 Å². The number of ether oxygens (including phenoxy) is 1. The number of benzene rings is 2. The molecule has 0 saturated carbocycles. The lowest BCUT2D eigenvalue weighted by molar-refractivity contribution is 0.308. The van der Waals surface area contributed by atoms with Crippen LogP contribution in [0.3, 0.4) is 0 Å². The van der Waals surface area contributed by atoms with Crippen LogP contribution in [0.25, 0.3) is 0 Å². The molecule has 2 aromatic carbocycles. The molecule has 3 nitrogen and oxygen atoms in total. The first-order chi connectivity index (χ1) is 9.06. The molecule has 2 N–H and O–H groups in total. The van der Waals surface area contributed by atoms with Crippen LogP contribution in [0.1, 0.15) is 11.1 Å². The van der Waals surface area contributed by atoms with Gasteiger partial charge in [0.15, 0.2) is 0 Å². The third-order valence-electron chi connectivity index (χ3n) is 3.03. The molecule has 2 aromatic rings. The van der Waals surface area contributed by atoms with E-state index in [-0.39, 0.29) is 0 Å². The molecule has 19 heavy (non-hydrogen) atoms. The Balaban J connectivity index is 2.10. The number of hydrogen-bond donors (Lipinski definition) is 1. The summed E-state index contributed by atoms with van der Waals surface area (Å²) >= 11 is 0. The molecule has 0 aromatic heterocycles. The fourth-order valence-corrected chi connectivity index (χ4v) is 1.77. The average Bonchev–Trinajstić information content (AvgIpc) is 2.39. The third-order valence-corrected chi connectivity index (χ3v) is 3.03. The monoisotopic (exact) mass is 256 g/mol. The lowest BCUT2D eigenvalue weighted by Crippen LogP contribution is -2.09. The van der Waals surface area contributed by atoms with E-state index in [1.54, 1.807) is 0 Å². The fourth-order valence-electron chi connectivity index (χ4n) is 1.77. The van der Waals surface area contributed by atoms with Crippen LogP contribution in [-0.4, -0.2) is 14.1 Å². The molecular weight excluding hydrogens is 236 g/mol. The van der Waals surface area contributed by atoms with Crippen LogP contribution < -0.4 is 15.4 Å². The molecule has 3 heteroatoms. The minimum absolute atomic E-state index is 0.529. The summed E-state index contributed by atoms with van der Waals surface area (Å²) in [5, 5.41) is 0. The van der Waals surface area contributed by atoms with Gasteiger partial charge in [-0.15, -0.1) is 0 Å². The normalized spacial score (nSPS) is 10.3. The predicted molar refractivity (Wildman–Crippen MR) is 80.7 cm³/mol. The van der Waals surface area contributed by atoms with Crippen molar-refractivity contribution < 1.29 is 4.74 Å². The second-order valence-corrected chi connectivity index (χ2v) is 4.89. The van der Waals surface area contributed by atoms with E-state index in [1.165, 1.54) is 5.56 Å². The van der Waals surface area contributed by atoms with Crippen molar-refractivity contribution in [3.8, 4) is 5.75 Å². The van der Waals surface area contributed by atoms with E-state index < -0.39 is 0 Å². The lowest BCUT2D eigenvalue weighted by Gasteiger charge is -2.15. The molecule has 0 fully saturated rings. The van der Waals surface area contributed by atoms with E-state index in [2.05, 4.69) is 31.2 Å². The molecule has 0 amide bonds. The standard InChI is InChI=1S/C16H20N2O/c1-12-4-6-13(7-5-12)11-19-16-10-14(18(2)3)8-9-15(16)17/h4-10H,11,17H2,1-3H3. The van der Waals surface area contributed by atoms with Crippen LogP contribution in [0.4, 0.5) is 11.4 Å². The Morgan fingerprint density at radius 2 is 1.74 bits per heavy atom. The maximum absolute atomic E-state index is 5.93. The number of nitrogens with two attached hydrogens (primary N) is 1. The van der Waals surface area contributed by atoms with Gasteiger partial charge < -0.3 is 15.4 Å². The van der Waals surface area contributed by atoms with Gasteiger partial charge in [0.2, 0.25) is 0 Å². The Hall–Kier alpha value is -2.16. The van der Waals surface area contributed by atoms with Gasteiger partial charge in [0.05, 0.1) is 5.69 Å². The van der Waals surface area contributed by atoms with Gasteiger partial charge >= 0.3 is 0 Å². The Kier molecular flexibility index (Phi) is 3.95. The number of nitrogens with zero attached hydrogens (tertiary/aromatic N) is 1. The molecule has 100 valence electrons. The Morgan fingerprint density at radius 3 is 2.37 bits per heavy atom. The first-order valence-corrected chi connectivity index (χ1v) is 6.31. The van der Waals surface area contributed by atoms with Crippen LogP contribution in [-0.2, 0) is 6.61 Å². The van der Waals surface area contributed by atoms with Crippen molar-refractivity contribution in [1.82, 2.24) is 0 Å². The number of nitrogen functional groups attached to an aromatic ring is 1. The van der Waals surface area contributed by atoms with Crippen molar-refractivity contribution in [3.05, 3.63) is 53.6 Å². The third kappa shape index (κ3) is 3.41. The Bertz CT molecular complexity index is 547. The van der Waals surface area contributed by atoms with E-state index >= 15 is 0 Å². The van der Waals surface area contributed by atoms with Gasteiger partial charge in [0.1, 0.15) is 12.4 Å². The highest BCUT2D eigenvalue weighted by Crippen LogP contribution is 2.27. The summed E-state index contributed by atoms with van der Waals surface area (Å²) in [6.07, 6.45) is 0. The smallest absolute Gasteiger partial charge is 0.144 e. The molecule has 0 unspecified atom stereocenters. The minimum Gasteiger partial charge on any atom is -0.487 e. The van der Waals surface area contributed by atoms with Crippen molar-refractivity contribution >= 4 is 11.4 Å². The second kappa shape index (κ2) is 5.65. The maximum atomic E-state index is 5.93. The first-order valence-electron chi connectivity index (χ1n) is 6.31. The minimum atomic E-state index is 0.529. The largest absolute Gasteiger partial charge is 0.487 e. The zero-order valence-electron chi connectivity index (χ0n) is 11.7. The fraction of sp³-hybridized carbons (Fsp3) is 0.250. The van der Waals surface area contributed by atoms with Crippen molar-refractivity contribution in [2.45, 2.75) is 13.5 Å². The van der Waals surface area contributed by atoms with Gasteiger partial charge in [-0.05, 0) is 24.6 Å². The highest BCUT2D eigenvalue weighted by atomic mass is 16.5. The van der Waals surface area contributed by atoms with Crippen molar-refractivity contribution in [3.63, 3.8) is 0 Å². The van der Waals surface area contributed by atoms with Gasteiger partial charge in [0.25, 0.3) is 0 Å². The van der Waals surface area contributed by atoms with Crippen LogP contribution in [0.5, 0.6) is 5.75 Å². The van der Waals surface area contributed by atoms with Crippen molar-refractivity contribution in [1.29, 1.82) is 0 Å². The summed E-state index contributed by atoms with van der Waals surface area (Å²) in [6.45, 7) is 2.60. The molecule has 2 rings (SSSR count). The Labute approximate surface area is 114 Å². The quantitative estimate of drug-likeness (QED) is 0.854. The lowest BCUT2D eigenvalue weighted by atomic mass is 10.2. The van der Waals surface area contributed by atoms with Gasteiger partial charge in [0, 0.05) is 25.8 Å². The molecule has 0 saturated heterocycles. The predicted octanol–water partition coefficient (Wildman–Crippen LogP) is 3.22. The van der Waals surface area contributed by atoms with Crippen LogP contribution in [0.15, 0.2) is 42.5 Å². The van der Waals surface area contributed by atoms with E-state index in [1.807, 2.05) is 37.2 Å². The molecule has 0 atom stereocenters. The summed E-state index contributed by atoms with van der Waals surface area (Å²) in [4.78, 5) is 2.03. The highest BCUT2D eigenvalue weighted by Gasteiger charge is 2.04. The summed E-state index contributed by atoms with van der Waals surface area (Å²) < 4.78 is 5.80. The summed E-state index contributed by atoms with van der Waals surface area (Å²) in [5.41, 5.74) is 10.1. The molecule has 0 aliphatic rings.